The molecule has 150 valence electrons. The van der Waals surface area contributed by atoms with Crippen molar-refractivity contribution in [1.29, 1.82) is 0 Å². The van der Waals surface area contributed by atoms with Gasteiger partial charge in [-0.2, -0.15) is 0 Å². The molecule has 4 heterocycles. The molecule has 0 saturated carbocycles. The zero-order valence-electron chi connectivity index (χ0n) is 16.4. The van der Waals surface area contributed by atoms with Gasteiger partial charge in [-0.1, -0.05) is 24.3 Å². The van der Waals surface area contributed by atoms with Gasteiger partial charge in [0.15, 0.2) is 11.9 Å². The maximum atomic E-state index is 11.6. The summed E-state index contributed by atoms with van der Waals surface area (Å²) in [6, 6.07) is 12.0. The van der Waals surface area contributed by atoms with E-state index in [0.717, 1.165) is 43.8 Å². The van der Waals surface area contributed by atoms with Crippen LogP contribution in [-0.2, 0) is 6.54 Å². The van der Waals surface area contributed by atoms with Gasteiger partial charge < -0.3 is 14.8 Å². The molecule has 0 aliphatic carbocycles. The van der Waals surface area contributed by atoms with E-state index in [4.69, 9.17) is 9.47 Å². The molecule has 0 radical (unpaired) electrons. The number of hydrogen-bond acceptors (Lipinski definition) is 5. The smallest absolute Gasteiger partial charge is 0.341 e. The third kappa shape index (κ3) is 3.46. The molecule has 1 N–H and O–H groups in total. The molecule has 1 saturated heterocycles. The predicted molar refractivity (Wildman–Crippen MR) is 108 cm³/mol. The average molecular weight is 392 g/mol. The fraction of sp³-hybridized carbons (Fsp3) is 0.409. The van der Waals surface area contributed by atoms with Crippen molar-refractivity contribution < 1.29 is 14.3 Å². The molecule has 2 amide bonds. The normalized spacial score (nSPS) is 23.0. The summed E-state index contributed by atoms with van der Waals surface area (Å²) in [5, 5.41) is 3.05. The molecule has 7 heteroatoms. The summed E-state index contributed by atoms with van der Waals surface area (Å²) in [6.45, 7) is 5.22. The Morgan fingerprint density at radius 3 is 2.72 bits per heavy atom. The topological polar surface area (TPSA) is 76.1 Å². The number of nitrogens with one attached hydrogen (secondary N) is 1. The van der Waals surface area contributed by atoms with Gasteiger partial charge in [0.25, 0.3) is 5.88 Å². The van der Waals surface area contributed by atoms with Crippen LogP contribution >= 0.6 is 0 Å². The molecule has 0 bridgehead atoms. The van der Waals surface area contributed by atoms with Crippen LogP contribution in [0.25, 0.3) is 0 Å². The van der Waals surface area contributed by atoms with Crippen LogP contribution in [0.15, 0.2) is 47.6 Å². The van der Waals surface area contributed by atoms with Crippen LogP contribution in [0.2, 0.25) is 0 Å². The van der Waals surface area contributed by atoms with Gasteiger partial charge in [-0.25, -0.2) is 14.8 Å². The van der Waals surface area contributed by atoms with Crippen LogP contribution in [0.5, 0.6) is 11.6 Å². The molecule has 2 aromatic rings. The van der Waals surface area contributed by atoms with E-state index in [2.05, 4.69) is 44.5 Å². The predicted octanol–water partition coefficient (Wildman–Crippen LogP) is 3.11. The number of likely N-dealkylation sites (tertiary alicyclic amines) is 1. The summed E-state index contributed by atoms with van der Waals surface area (Å²) in [5.74, 6) is 1.25. The first kappa shape index (κ1) is 18.1. The highest BCUT2D eigenvalue weighted by Gasteiger charge is 2.42. The molecule has 1 unspecified atom stereocenters. The summed E-state index contributed by atoms with van der Waals surface area (Å²) in [4.78, 5) is 22.3. The van der Waals surface area contributed by atoms with Crippen molar-refractivity contribution in [3.8, 4) is 11.6 Å². The number of aliphatic imine (C=N–C) groups is 1. The summed E-state index contributed by atoms with van der Waals surface area (Å²) in [6.07, 6.45) is 3.38. The molecule has 1 spiro atoms. The number of piperidine rings is 1. The number of pyridine rings is 1. The van der Waals surface area contributed by atoms with Crippen molar-refractivity contribution in [3.63, 3.8) is 0 Å². The molecule has 7 nitrogen and oxygen atoms in total. The lowest BCUT2D eigenvalue weighted by Gasteiger charge is -2.39. The van der Waals surface area contributed by atoms with Crippen LogP contribution < -0.4 is 14.8 Å². The van der Waals surface area contributed by atoms with Crippen molar-refractivity contribution in [2.45, 2.75) is 38.0 Å². The Bertz CT molecular complexity index is 949. The Labute approximate surface area is 169 Å². The van der Waals surface area contributed by atoms with Crippen LogP contribution in [0.4, 0.5) is 4.79 Å². The van der Waals surface area contributed by atoms with E-state index in [1.807, 2.05) is 19.1 Å². The Morgan fingerprint density at radius 1 is 1.21 bits per heavy atom. The van der Waals surface area contributed by atoms with Crippen LogP contribution in [-0.4, -0.2) is 46.9 Å². The minimum Gasteiger partial charge on any atom is -0.484 e. The molecular weight excluding hydrogens is 368 g/mol. The zero-order chi connectivity index (χ0) is 19.8. The van der Waals surface area contributed by atoms with E-state index in [9.17, 15) is 4.79 Å². The van der Waals surface area contributed by atoms with Crippen LogP contribution in [0, 0.1) is 0 Å². The minimum absolute atomic E-state index is 0.144. The van der Waals surface area contributed by atoms with Crippen molar-refractivity contribution in [1.82, 2.24) is 15.2 Å². The number of benzene rings is 1. The van der Waals surface area contributed by atoms with E-state index < -0.39 is 0 Å². The van der Waals surface area contributed by atoms with Crippen molar-refractivity contribution >= 4 is 11.7 Å². The van der Waals surface area contributed by atoms with E-state index in [0.29, 0.717) is 18.2 Å². The number of hydrogen-bond donors (Lipinski definition) is 1. The minimum atomic E-state index is -0.222. The number of urea groups is 1. The molecule has 1 atom stereocenters. The number of nitrogens with zero attached hydrogens (tertiary/aromatic N) is 3. The molecule has 3 aliphatic heterocycles. The van der Waals surface area contributed by atoms with Gasteiger partial charge in [0.2, 0.25) is 0 Å². The third-order valence-electron chi connectivity index (χ3n) is 6.16. The molecule has 1 aromatic heterocycles. The summed E-state index contributed by atoms with van der Waals surface area (Å²) < 4.78 is 11.8. The molecule has 5 rings (SSSR count). The molecule has 3 aliphatic rings. The highest BCUT2D eigenvalue weighted by atomic mass is 16.6. The first-order chi connectivity index (χ1) is 14.1. The fourth-order valence-electron chi connectivity index (χ4n) is 4.33. The molecule has 1 fully saturated rings. The number of amides is 2. The Kier molecular flexibility index (Phi) is 4.47. The van der Waals surface area contributed by atoms with Crippen LogP contribution in [0.3, 0.4) is 0 Å². The second kappa shape index (κ2) is 7.15. The maximum Gasteiger partial charge on any atom is 0.341 e. The lowest BCUT2D eigenvalue weighted by molar-refractivity contribution is 0.0850. The quantitative estimate of drug-likeness (QED) is 0.869. The van der Waals surface area contributed by atoms with Gasteiger partial charge in [0.05, 0.1) is 5.54 Å². The highest BCUT2D eigenvalue weighted by molar-refractivity contribution is 6.06. The van der Waals surface area contributed by atoms with Gasteiger partial charge in [0.1, 0.15) is 6.61 Å². The van der Waals surface area contributed by atoms with Crippen LogP contribution in [0.1, 0.15) is 37.0 Å². The second-order valence-corrected chi connectivity index (χ2v) is 7.95. The standard InChI is InChI=1S/C22H24N4O3/c1-15-22(25-21(27)24-15)8-11-26(12-9-22)13-16-4-6-17(7-5-16)19-14-28-18-3-2-10-23-20(18)29-19/h2-7,10,19H,8-9,11-14H2,1H3,(H,25,27). The number of aromatic nitrogens is 1. The van der Waals surface area contributed by atoms with E-state index in [1.165, 1.54) is 5.56 Å². The molecule has 1 aromatic carbocycles. The van der Waals surface area contributed by atoms with Gasteiger partial charge in [-0.3, -0.25) is 4.90 Å². The number of rotatable bonds is 3. The van der Waals surface area contributed by atoms with Gasteiger partial charge in [-0.05, 0) is 43.0 Å². The second-order valence-electron chi connectivity index (χ2n) is 7.95. The third-order valence-corrected chi connectivity index (χ3v) is 6.16. The van der Waals surface area contributed by atoms with Gasteiger partial charge in [0, 0.05) is 31.5 Å². The Hall–Kier alpha value is -2.93. The Morgan fingerprint density at radius 2 is 2.00 bits per heavy atom. The highest BCUT2D eigenvalue weighted by Crippen LogP contribution is 2.34. The monoisotopic (exact) mass is 392 g/mol. The van der Waals surface area contributed by atoms with Crippen molar-refractivity contribution in [2.24, 2.45) is 4.99 Å². The van der Waals surface area contributed by atoms with Gasteiger partial charge in [-0.15, -0.1) is 0 Å². The van der Waals surface area contributed by atoms with Crippen molar-refractivity contribution in [3.05, 3.63) is 53.7 Å². The lowest BCUT2D eigenvalue weighted by Crippen LogP contribution is -2.55. The Balaban J connectivity index is 1.19. The average Bonchev–Trinajstić information content (AvgIpc) is 3.02. The molecule has 29 heavy (non-hydrogen) atoms. The first-order valence-corrected chi connectivity index (χ1v) is 10.0. The summed E-state index contributed by atoms with van der Waals surface area (Å²) in [7, 11) is 0. The number of carbonyl (C=O) groups excluding carboxylic acids is 1. The largest absolute Gasteiger partial charge is 0.484 e. The van der Waals surface area contributed by atoms with Crippen molar-refractivity contribution in [2.75, 3.05) is 19.7 Å². The summed E-state index contributed by atoms with van der Waals surface area (Å²) >= 11 is 0. The van der Waals surface area contributed by atoms with E-state index in [-0.39, 0.29) is 17.7 Å². The van der Waals surface area contributed by atoms with E-state index >= 15 is 0 Å². The zero-order valence-corrected chi connectivity index (χ0v) is 16.4. The molecular formula is C22H24N4O3. The maximum absolute atomic E-state index is 11.6. The lowest BCUT2D eigenvalue weighted by atomic mass is 9.84. The summed E-state index contributed by atoms with van der Waals surface area (Å²) in [5.41, 5.74) is 3.06. The van der Waals surface area contributed by atoms with Gasteiger partial charge >= 0.3 is 6.03 Å². The number of ether oxygens (including phenoxy) is 2. The van der Waals surface area contributed by atoms with E-state index in [1.54, 1.807) is 6.20 Å². The number of fused-ring (bicyclic) bond motifs is 1. The number of carbonyl (C=O) groups is 1. The fourth-order valence-corrected chi connectivity index (χ4v) is 4.33. The SMILES string of the molecule is CC1=NC(=O)NC12CCN(Cc1ccc(C3COc4cccnc4O3)cc1)CC2. The first-order valence-electron chi connectivity index (χ1n) is 10.0.